The van der Waals surface area contributed by atoms with Crippen LogP contribution in [0.2, 0.25) is 5.02 Å². The van der Waals surface area contributed by atoms with Crippen LogP contribution in [0.1, 0.15) is 13.8 Å². The van der Waals surface area contributed by atoms with Crippen molar-refractivity contribution in [1.82, 2.24) is 4.72 Å². The predicted molar refractivity (Wildman–Crippen MR) is 79.9 cm³/mol. The van der Waals surface area contributed by atoms with Crippen LogP contribution in [0.25, 0.3) is 0 Å². The molecule has 0 aliphatic carbocycles. The molecule has 18 heavy (non-hydrogen) atoms. The van der Waals surface area contributed by atoms with E-state index in [4.69, 9.17) is 17.3 Å². The summed E-state index contributed by atoms with van der Waals surface area (Å²) in [6, 6.07) is 4.81. The summed E-state index contributed by atoms with van der Waals surface area (Å²) < 4.78 is 26.9. The zero-order chi connectivity index (χ0) is 13.3. The minimum Gasteiger partial charge on any atom is -0.324 e. The molecule has 0 atom stereocenters. The molecule has 0 fully saturated rings. The van der Waals surface area contributed by atoms with Gasteiger partial charge in [-0.05, 0) is 41.9 Å². The maximum Gasteiger partial charge on any atom is 0.243 e. The number of nitrogens with two attached hydrogens (primary N) is 1. The first-order chi connectivity index (χ1) is 7.63. The second-order valence-corrected chi connectivity index (χ2v) is 7.33. The molecule has 1 aromatic carbocycles. The van der Waals surface area contributed by atoms with E-state index >= 15 is 0 Å². The maximum atomic E-state index is 12.0. The quantitative estimate of drug-likeness (QED) is 0.846. The minimum atomic E-state index is -3.66. The third kappa shape index (κ3) is 5.03. The molecule has 0 amide bonds. The molecule has 8 heteroatoms. The zero-order valence-corrected chi connectivity index (χ0v) is 13.9. The van der Waals surface area contributed by atoms with E-state index in [2.05, 4.69) is 20.7 Å². The Labute approximate surface area is 127 Å². The van der Waals surface area contributed by atoms with Gasteiger partial charge in [-0.2, -0.15) is 0 Å². The Kier molecular flexibility index (Phi) is 6.60. The van der Waals surface area contributed by atoms with Crippen LogP contribution in [0.4, 0.5) is 0 Å². The maximum absolute atomic E-state index is 12.0. The molecule has 0 aromatic heterocycles. The van der Waals surface area contributed by atoms with Gasteiger partial charge in [-0.3, -0.25) is 0 Å². The molecule has 0 radical (unpaired) electrons. The average Bonchev–Trinajstić information content (AvgIpc) is 2.13. The van der Waals surface area contributed by atoms with Crippen LogP contribution >= 0.6 is 39.9 Å². The van der Waals surface area contributed by atoms with Crippen LogP contribution in [0.15, 0.2) is 27.6 Å². The lowest BCUT2D eigenvalue weighted by atomic mass is 10.1. The molecule has 0 saturated heterocycles. The molecule has 0 unspecified atom stereocenters. The van der Waals surface area contributed by atoms with Gasteiger partial charge in [0.2, 0.25) is 10.0 Å². The van der Waals surface area contributed by atoms with E-state index in [1.165, 1.54) is 6.07 Å². The Hall–Kier alpha value is 0.150. The molecule has 3 N–H and O–H groups in total. The summed E-state index contributed by atoms with van der Waals surface area (Å²) in [6.07, 6.45) is 0. The van der Waals surface area contributed by atoms with Crippen molar-refractivity contribution in [2.45, 2.75) is 24.3 Å². The van der Waals surface area contributed by atoms with Gasteiger partial charge in [0.05, 0.1) is 5.02 Å². The third-order valence-corrected chi connectivity index (χ3v) is 4.76. The van der Waals surface area contributed by atoms with Crippen LogP contribution in [-0.2, 0) is 10.0 Å². The van der Waals surface area contributed by atoms with Crippen molar-refractivity contribution in [2.75, 3.05) is 6.54 Å². The number of benzene rings is 1. The summed E-state index contributed by atoms with van der Waals surface area (Å²) in [5.41, 5.74) is 5.10. The number of halogens is 3. The van der Waals surface area contributed by atoms with Gasteiger partial charge in [0.15, 0.2) is 0 Å². The van der Waals surface area contributed by atoms with Gasteiger partial charge in [-0.25, -0.2) is 13.1 Å². The lowest BCUT2D eigenvalue weighted by Gasteiger charge is -2.19. The summed E-state index contributed by atoms with van der Waals surface area (Å²) in [5.74, 6) is 0. The number of nitrogens with one attached hydrogen (secondary N) is 1. The fourth-order valence-electron chi connectivity index (χ4n) is 1.09. The minimum absolute atomic E-state index is 0. The number of sulfonamides is 1. The van der Waals surface area contributed by atoms with E-state index in [1.54, 1.807) is 26.0 Å². The van der Waals surface area contributed by atoms with E-state index in [9.17, 15) is 8.42 Å². The molecular formula is C10H15BrCl2N2O2S. The predicted octanol–water partition coefficient (Wildman–Crippen LogP) is 2.54. The van der Waals surface area contributed by atoms with Crippen molar-refractivity contribution >= 4 is 50.0 Å². The van der Waals surface area contributed by atoms with Gasteiger partial charge in [0.25, 0.3) is 0 Å². The third-order valence-electron chi connectivity index (χ3n) is 1.91. The molecule has 0 heterocycles. The Bertz CT molecular complexity index is 495. The van der Waals surface area contributed by atoms with Gasteiger partial charge in [0, 0.05) is 16.6 Å². The number of hydrogen-bond acceptors (Lipinski definition) is 3. The van der Waals surface area contributed by atoms with Crippen LogP contribution in [0, 0.1) is 0 Å². The topological polar surface area (TPSA) is 72.2 Å². The Morgan fingerprint density at radius 3 is 2.44 bits per heavy atom. The molecular weight excluding hydrogens is 363 g/mol. The van der Waals surface area contributed by atoms with E-state index in [1.807, 2.05) is 0 Å². The number of rotatable bonds is 4. The lowest BCUT2D eigenvalue weighted by molar-refractivity contribution is 0.498. The highest BCUT2D eigenvalue weighted by molar-refractivity contribution is 9.10. The molecule has 1 aromatic rings. The Balaban J connectivity index is 0.00000289. The first-order valence-electron chi connectivity index (χ1n) is 4.86. The van der Waals surface area contributed by atoms with E-state index in [0.717, 1.165) is 0 Å². The van der Waals surface area contributed by atoms with Crippen molar-refractivity contribution in [1.29, 1.82) is 0 Å². The summed E-state index contributed by atoms with van der Waals surface area (Å²) in [4.78, 5) is 0.0333. The van der Waals surface area contributed by atoms with Crippen molar-refractivity contribution in [3.8, 4) is 0 Å². The zero-order valence-electron chi connectivity index (χ0n) is 9.91. The fourth-order valence-corrected chi connectivity index (χ4v) is 4.05. The van der Waals surface area contributed by atoms with Crippen molar-refractivity contribution in [2.24, 2.45) is 5.73 Å². The summed E-state index contributed by atoms with van der Waals surface area (Å²) >= 11 is 9.05. The summed E-state index contributed by atoms with van der Waals surface area (Å²) in [5, 5.41) is 0.168. The molecule has 1 rings (SSSR count). The molecule has 4 nitrogen and oxygen atoms in total. The summed E-state index contributed by atoms with van der Waals surface area (Å²) in [6.45, 7) is 3.60. The number of hydrogen-bond donors (Lipinski definition) is 2. The van der Waals surface area contributed by atoms with Crippen molar-refractivity contribution < 1.29 is 8.42 Å². The van der Waals surface area contributed by atoms with Gasteiger partial charge in [-0.1, -0.05) is 17.7 Å². The van der Waals surface area contributed by atoms with Crippen LogP contribution < -0.4 is 10.5 Å². The van der Waals surface area contributed by atoms with Crippen LogP contribution in [0.3, 0.4) is 0 Å². The van der Waals surface area contributed by atoms with Crippen LogP contribution in [0.5, 0.6) is 0 Å². The van der Waals surface area contributed by atoms with E-state index < -0.39 is 15.6 Å². The second kappa shape index (κ2) is 6.54. The average molecular weight is 378 g/mol. The molecule has 0 aliphatic rings. The highest BCUT2D eigenvalue weighted by Gasteiger charge is 2.23. The van der Waals surface area contributed by atoms with Gasteiger partial charge < -0.3 is 5.73 Å². The highest BCUT2D eigenvalue weighted by Crippen LogP contribution is 2.29. The molecule has 0 bridgehead atoms. The van der Waals surface area contributed by atoms with Crippen LogP contribution in [-0.4, -0.2) is 20.5 Å². The van der Waals surface area contributed by atoms with Gasteiger partial charge in [0.1, 0.15) is 4.90 Å². The van der Waals surface area contributed by atoms with Gasteiger partial charge in [-0.15, -0.1) is 12.4 Å². The molecule has 0 spiro atoms. The Morgan fingerprint density at radius 2 is 2.00 bits per heavy atom. The second-order valence-electron chi connectivity index (χ2n) is 4.36. The largest absolute Gasteiger partial charge is 0.324 e. The monoisotopic (exact) mass is 376 g/mol. The Morgan fingerprint density at radius 1 is 1.44 bits per heavy atom. The lowest BCUT2D eigenvalue weighted by Crippen LogP contribution is -2.45. The molecule has 0 saturated carbocycles. The molecule has 104 valence electrons. The smallest absolute Gasteiger partial charge is 0.243 e. The standard InChI is InChI=1S/C10H14BrClN2O2S.ClH/c1-10(2,13)6-14-17(15,16)9-7(11)4-3-5-8(9)12;/h3-5,14H,6,13H2,1-2H3;1H. The van der Waals surface area contributed by atoms with Crippen molar-refractivity contribution in [3.63, 3.8) is 0 Å². The first kappa shape index (κ1) is 18.1. The SMILES string of the molecule is CC(C)(N)CNS(=O)(=O)c1c(Cl)cccc1Br.Cl. The van der Waals surface area contributed by atoms with Gasteiger partial charge >= 0.3 is 0 Å². The van der Waals surface area contributed by atoms with E-state index in [0.29, 0.717) is 4.47 Å². The normalized spacial score (nSPS) is 12.1. The molecule has 0 aliphatic heterocycles. The summed E-state index contributed by atoms with van der Waals surface area (Å²) in [7, 11) is -3.66. The highest BCUT2D eigenvalue weighted by atomic mass is 79.9. The van der Waals surface area contributed by atoms with E-state index in [-0.39, 0.29) is 28.9 Å². The van der Waals surface area contributed by atoms with Crippen molar-refractivity contribution in [3.05, 3.63) is 27.7 Å². The first-order valence-corrected chi connectivity index (χ1v) is 7.51. The fraction of sp³-hybridized carbons (Fsp3) is 0.400.